The molecule has 3 rings (SSSR count). The van der Waals surface area contributed by atoms with Crippen LogP contribution in [0, 0.1) is 13.8 Å². The molecule has 0 spiro atoms. The summed E-state index contributed by atoms with van der Waals surface area (Å²) in [4.78, 5) is 14.2. The largest absolute Gasteiger partial charge is 0.316 e. The number of hydrogen-bond acceptors (Lipinski definition) is 2. The van der Waals surface area contributed by atoms with Gasteiger partial charge >= 0.3 is 0 Å². The van der Waals surface area contributed by atoms with Gasteiger partial charge in [0.15, 0.2) is 0 Å². The van der Waals surface area contributed by atoms with E-state index in [-0.39, 0.29) is 5.91 Å². The third kappa shape index (κ3) is 2.00. The molecule has 1 heterocycles. The van der Waals surface area contributed by atoms with E-state index in [1.807, 2.05) is 37.3 Å². The number of carbonyl (C=O) groups excluding carboxylic acids is 1. The highest BCUT2D eigenvalue weighted by Gasteiger charge is 2.34. The molecular weight excluding hydrogens is 248 g/mol. The molecule has 0 saturated carbocycles. The molecule has 2 aromatic carbocycles. The van der Waals surface area contributed by atoms with Crippen LogP contribution in [0.2, 0.25) is 0 Å². The number of aryl methyl sites for hydroxylation is 2. The van der Waals surface area contributed by atoms with Crippen molar-refractivity contribution in [2.24, 2.45) is 5.73 Å². The third-order valence-electron chi connectivity index (χ3n) is 3.93. The maximum Gasteiger partial charge on any atom is 0.248 e. The summed E-state index contributed by atoms with van der Waals surface area (Å²) in [5, 5.41) is 0. The maximum atomic E-state index is 12.4. The van der Waals surface area contributed by atoms with E-state index in [1.165, 1.54) is 5.56 Å². The molecule has 1 atom stereocenters. The molecule has 1 amide bonds. The summed E-state index contributed by atoms with van der Waals surface area (Å²) in [5.74, 6) is -0.0196. The minimum atomic E-state index is -0.533. The fourth-order valence-corrected chi connectivity index (χ4v) is 2.71. The van der Waals surface area contributed by atoms with Gasteiger partial charge in [0.2, 0.25) is 5.91 Å². The fourth-order valence-electron chi connectivity index (χ4n) is 2.71. The molecule has 1 aliphatic heterocycles. The number of benzene rings is 2. The lowest BCUT2D eigenvalue weighted by Gasteiger charge is -2.19. The van der Waals surface area contributed by atoms with Crippen molar-refractivity contribution in [2.45, 2.75) is 26.4 Å². The number of fused-ring (bicyclic) bond motifs is 1. The first-order chi connectivity index (χ1) is 9.58. The van der Waals surface area contributed by atoms with Crippen molar-refractivity contribution in [3.63, 3.8) is 0 Å². The van der Waals surface area contributed by atoms with Crippen LogP contribution >= 0.6 is 0 Å². The first-order valence-corrected chi connectivity index (χ1v) is 6.80. The van der Waals surface area contributed by atoms with Crippen LogP contribution < -0.4 is 10.6 Å². The van der Waals surface area contributed by atoms with Crippen molar-refractivity contribution in [3.05, 3.63) is 64.7 Å². The Kier molecular flexibility index (Phi) is 3.07. The minimum Gasteiger partial charge on any atom is -0.316 e. The van der Waals surface area contributed by atoms with E-state index in [4.69, 9.17) is 5.73 Å². The smallest absolute Gasteiger partial charge is 0.248 e. The second kappa shape index (κ2) is 4.76. The van der Waals surface area contributed by atoms with Gasteiger partial charge in [-0.2, -0.15) is 0 Å². The van der Waals surface area contributed by atoms with E-state index >= 15 is 0 Å². The number of nitrogens with zero attached hydrogens (tertiary/aromatic N) is 1. The number of carbonyl (C=O) groups is 1. The summed E-state index contributed by atoms with van der Waals surface area (Å²) in [6, 6.07) is 13.6. The highest BCUT2D eigenvalue weighted by atomic mass is 16.2. The van der Waals surface area contributed by atoms with E-state index in [0.29, 0.717) is 6.54 Å². The molecule has 0 aromatic heterocycles. The predicted molar refractivity (Wildman–Crippen MR) is 80.5 cm³/mol. The Hall–Kier alpha value is -2.13. The molecule has 0 saturated heterocycles. The molecule has 0 bridgehead atoms. The quantitative estimate of drug-likeness (QED) is 0.908. The summed E-state index contributed by atoms with van der Waals surface area (Å²) < 4.78 is 0. The average Bonchev–Trinajstić information content (AvgIpc) is 2.66. The molecule has 0 fully saturated rings. The van der Waals surface area contributed by atoms with Crippen LogP contribution in [0.4, 0.5) is 5.69 Å². The molecule has 3 nitrogen and oxygen atoms in total. The van der Waals surface area contributed by atoms with E-state index < -0.39 is 6.04 Å². The molecule has 1 unspecified atom stereocenters. The Balaban J connectivity index is 2.00. The van der Waals surface area contributed by atoms with Gasteiger partial charge in [0, 0.05) is 11.3 Å². The predicted octanol–water partition coefficient (Wildman–Crippen LogP) is 2.85. The Morgan fingerprint density at radius 1 is 1.15 bits per heavy atom. The zero-order chi connectivity index (χ0) is 14.3. The Labute approximate surface area is 119 Å². The standard InChI is InChI=1S/C17H18N2O/c1-11-7-8-15-14(9-11)16(18)17(20)19(15)10-13-6-4-3-5-12(13)2/h3-9,16H,10,18H2,1-2H3. The monoisotopic (exact) mass is 266 g/mol. The van der Waals surface area contributed by atoms with Crippen LogP contribution in [-0.2, 0) is 11.3 Å². The van der Waals surface area contributed by atoms with Gasteiger partial charge in [-0.15, -0.1) is 0 Å². The number of hydrogen-bond donors (Lipinski definition) is 1. The lowest BCUT2D eigenvalue weighted by Crippen LogP contribution is -2.31. The molecule has 2 N–H and O–H groups in total. The van der Waals surface area contributed by atoms with Crippen LogP contribution in [0.15, 0.2) is 42.5 Å². The van der Waals surface area contributed by atoms with E-state index in [9.17, 15) is 4.79 Å². The minimum absolute atomic E-state index is 0.0196. The first kappa shape index (κ1) is 12.9. The van der Waals surface area contributed by atoms with E-state index in [0.717, 1.165) is 22.4 Å². The van der Waals surface area contributed by atoms with Crippen molar-refractivity contribution >= 4 is 11.6 Å². The van der Waals surface area contributed by atoms with Crippen molar-refractivity contribution in [2.75, 3.05) is 4.90 Å². The highest BCUT2D eigenvalue weighted by molar-refractivity contribution is 6.04. The topological polar surface area (TPSA) is 46.3 Å². The maximum absolute atomic E-state index is 12.4. The lowest BCUT2D eigenvalue weighted by atomic mass is 10.1. The molecule has 2 aromatic rings. The highest BCUT2D eigenvalue weighted by Crippen LogP contribution is 2.36. The van der Waals surface area contributed by atoms with Crippen LogP contribution in [0.3, 0.4) is 0 Å². The van der Waals surface area contributed by atoms with Gasteiger partial charge in [-0.25, -0.2) is 0 Å². The van der Waals surface area contributed by atoms with Gasteiger partial charge in [0.05, 0.1) is 6.54 Å². The van der Waals surface area contributed by atoms with Gasteiger partial charge < -0.3 is 10.6 Å². The molecule has 20 heavy (non-hydrogen) atoms. The second-order valence-corrected chi connectivity index (χ2v) is 5.39. The van der Waals surface area contributed by atoms with E-state index in [2.05, 4.69) is 19.1 Å². The van der Waals surface area contributed by atoms with Gasteiger partial charge in [-0.1, -0.05) is 42.0 Å². The van der Waals surface area contributed by atoms with Gasteiger partial charge in [-0.05, 0) is 31.0 Å². The summed E-state index contributed by atoms with van der Waals surface area (Å²) in [5.41, 5.74) is 11.4. The molecule has 0 aliphatic carbocycles. The molecule has 0 radical (unpaired) electrons. The first-order valence-electron chi connectivity index (χ1n) is 6.80. The third-order valence-corrected chi connectivity index (χ3v) is 3.93. The summed E-state index contributed by atoms with van der Waals surface area (Å²) in [6.07, 6.45) is 0. The lowest BCUT2D eigenvalue weighted by molar-refractivity contribution is -0.119. The van der Waals surface area contributed by atoms with Gasteiger partial charge in [-0.3, -0.25) is 4.79 Å². The van der Waals surface area contributed by atoms with Crippen molar-refractivity contribution < 1.29 is 4.79 Å². The Morgan fingerprint density at radius 2 is 1.90 bits per heavy atom. The zero-order valence-corrected chi connectivity index (χ0v) is 11.8. The SMILES string of the molecule is Cc1ccc2c(c1)C(N)C(=O)N2Cc1ccccc1C. The fraction of sp³-hybridized carbons (Fsp3) is 0.235. The van der Waals surface area contributed by atoms with Gasteiger partial charge in [0.1, 0.15) is 6.04 Å². The van der Waals surface area contributed by atoms with Crippen molar-refractivity contribution in [3.8, 4) is 0 Å². The Morgan fingerprint density at radius 3 is 2.65 bits per heavy atom. The number of rotatable bonds is 2. The zero-order valence-electron chi connectivity index (χ0n) is 11.8. The molecule has 1 aliphatic rings. The summed E-state index contributed by atoms with van der Waals surface area (Å²) in [6.45, 7) is 4.66. The molecular formula is C17H18N2O. The van der Waals surface area contributed by atoms with Crippen LogP contribution in [0.5, 0.6) is 0 Å². The molecule has 3 heteroatoms. The normalized spacial score (nSPS) is 17.4. The van der Waals surface area contributed by atoms with Crippen LogP contribution in [0.25, 0.3) is 0 Å². The average molecular weight is 266 g/mol. The van der Waals surface area contributed by atoms with Crippen LogP contribution in [0.1, 0.15) is 28.3 Å². The van der Waals surface area contributed by atoms with E-state index in [1.54, 1.807) is 4.90 Å². The van der Waals surface area contributed by atoms with Gasteiger partial charge in [0.25, 0.3) is 0 Å². The summed E-state index contributed by atoms with van der Waals surface area (Å²) >= 11 is 0. The second-order valence-electron chi connectivity index (χ2n) is 5.39. The Bertz CT molecular complexity index is 678. The van der Waals surface area contributed by atoms with Crippen molar-refractivity contribution in [1.29, 1.82) is 0 Å². The van der Waals surface area contributed by atoms with Crippen LogP contribution in [-0.4, -0.2) is 5.91 Å². The number of nitrogens with two attached hydrogens (primary N) is 1. The van der Waals surface area contributed by atoms with Crippen molar-refractivity contribution in [1.82, 2.24) is 0 Å². The molecule has 102 valence electrons. The number of amides is 1. The summed E-state index contributed by atoms with van der Waals surface area (Å²) in [7, 11) is 0. The number of anilines is 1.